The molecule has 0 aliphatic carbocycles. The van der Waals surface area contributed by atoms with Crippen LogP contribution in [0.15, 0.2) is 59.3 Å². The number of rotatable bonds is 9. The maximum absolute atomic E-state index is 13.5. The fourth-order valence-corrected chi connectivity index (χ4v) is 2.79. The quantitative estimate of drug-likeness (QED) is 0.390. The van der Waals surface area contributed by atoms with Crippen molar-refractivity contribution in [1.82, 2.24) is 9.97 Å². The van der Waals surface area contributed by atoms with E-state index in [0.717, 1.165) is 37.8 Å². The second-order valence-corrected chi connectivity index (χ2v) is 6.15. The molecule has 0 saturated carbocycles. The molecule has 0 radical (unpaired) electrons. The average Bonchev–Trinajstić information content (AvgIpc) is 3.14. The number of carbonyl (C=O) groups is 1. The average molecular weight is 352 g/mol. The highest BCUT2D eigenvalue weighted by atomic mass is 19.1. The largest absolute Gasteiger partial charge is 0.439 e. The monoisotopic (exact) mass is 352 g/mol. The van der Waals surface area contributed by atoms with E-state index in [9.17, 15) is 9.18 Å². The number of ketones is 1. The van der Waals surface area contributed by atoms with Crippen LogP contribution in [0.4, 0.5) is 4.39 Å². The van der Waals surface area contributed by atoms with Gasteiger partial charge in [0.2, 0.25) is 0 Å². The Labute approximate surface area is 152 Å². The molecule has 1 aromatic carbocycles. The molecule has 3 rings (SSSR count). The molecule has 0 fully saturated rings. The lowest BCUT2D eigenvalue weighted by Gasteiger charge is -2.02. The highest BCUT2D eigenvalue weighted by Crippen LogP contribution is 2.19. The Morgan fingerprint density at radius 1 is 0.962 bits per heavy atom. The van der Waals surface area contributed by atoms with E-state index in [1.54, 1.807) is 30.6 Å². The van der Waals surface area contributed by atoms with Crippen LogP contribution in [0.3, 0.4) is 0 Å². The zero-order valence-corrected chi connectivity index (χ0v) is 14.5. The van der Waals surface area contributed by atoms with Crippen molar-refractivity contribution in [2.24, 2.45) is 0 Å². The number of nitrogens with zero attached hydrogens (tertiary/aromatic N) is 2. The third-order valence-corrected chi connectivity index (χ3v) is 4.19. The van der Waals surface area contributed by atoms with E-state index >= 15 is 0 Å². The number of aromatic nitrogens is 2. The van der Waals surface area contributed by atoms with Crippen molar-refractivity contribution in [3.8, 4) is 11.5 Å². The first-order chi connectivity index (χ1) is 12.7. The molecule has 3 aromatic rings. The second-order valence-electron chi connectivity index (χ2n) is 6.15. The third-order valence-electron chi connectivity index (χ3n) is 4.19. The summed E-state index contributed by atoms with van der Waals surface area (Å²) in [5.74, 6) is 0.810. The number of hydrogen-bond acceptors (Lipinski definition) is 4. The Bertz CT molecular complexity index is 846. The third kappa shape index (κ3) is 4.85. The zero-order chi connectivity index (χ0) is 18.2. The van der Waals surface area contributed by atoms with Crippen LogP contribution < -0.4 is 0 Å². The number of hydrogen-bond donors (Lipinski definition) is 0. The molecular formula is C21H21FN2O2. The summed E-state index contributed by atoms with van der Waals surface area (Å²) in [6, 6.07) is 11.8. The molecule has 0 aliphatic rings. The van der Waals surface area contributed by atoms with E-state index in [1.165, 1.54) is 6.07 Å². The van der Waals surface area contributed by atoms with Gasteiger partial charge in [0.25, 0.3) is 0 Å². The summed E-state index contributed by atoms with van der Waals surface area (Å²) >= 11 is 0. The number of halogens is 1. The summed E-state index contributed by atoms with van der Waals surface area (Å²) in [4.78, 5) is 20.5. The first-order valence-electron chi connectivity index (χ1n) is 8.88. The highest BCUT2D eigenvalue weighted by Gasteiger charge is 2.10. The molecule has 0 bridgehead atoms. The van der Waals surface area contributed by atoms with E-state index in [2.05, 4.69) is 9.97 Å². The van der Waals surface area contributed by atoms with Gasteiger partial charge < -0.3 is 4.42 Å². The maximum atomic E-state index is 13.5. The molecule has 5 heteroatoms. The van der Waals surface area contributed by atoms with Crippen LogP contribution in [-0.4, -0.2) is 15.8 Å². The minimum absolute atomic E-state index is 0.129. The van der Waals surface area contributed by atoms with Gasteiger partial charge in [0.05, 0.1) is 11.8 Å². The molecule has 0 atom stereocenters. The molecular weight excluding hydrogens is 331 g/mol. The van der Waals surface area contributed by atoms with Gasteiger partial charge in [0.1, 0.15) is 11.5 Å². The van der Waals surface area contributed by atoms with E-state index in [4.69, 9.17) is 4.42 Å². The summed E-state index contributed by atoms with van der Waals surface area (Å²) in [5, 5.41) is 0. The summed E-state index contributed by atoms with van der Waals surface area (Å²) in [6.45, 7) is 0. The SMILES string of the molecule is O=C(CCCCCCc1ncc(-c2ccccn2)o1)c1ccccc1F. The molecule has 0 aliphatic heterocycles. The molecule has 134 valence electrons. The first kappa shape index (κ1) is 18.0. The van der Waals surface area contributed by atoms with Crippen LogP contribution in [0.25, 0.3) is 11.5 Å². The molecule has 2 aromatic heterocycles. The predicted octanol–water partition coefficient (Wildman–Crippen LogP) is 5.25. The fraction of sp³-hybridized carbons (Fsp3) is 0.286. The summed E-state index contributed by atoms with van der Waals surface area (Å²) in [7, 11) is 0. The molecule has 0 N–H and O–H groups in total. The van der Waals surface area contributed by atoms with Crippen molar-refractivity contribution in [1.29, 1.82) is 0 Å². The molecule has 0 unspecified atom stereocenters. The van der Waals surface area contributed by atoms with Gasteiger partial charge in [-0.25, -0.2) is 9.37 Å². The summed E-state index contributed by atoms with van der Waals surface area (Å²) < 4.78 is 19.3. The lowest BCUT2D eigenvalue weighted by molar-refractivity contribution is 0.0975. The van der Waals surface area contributed by atoms with Crippen molar-refractivity contribution in [2.75, 3.05) is 0 Å². The van der Waals surface area contributed by atoms with E-state index in [0.29, 0.717) is 18.1 Å². The van der Waals surface area contributed by atoms with Crippen molar-refractivity contribution in [2.45, 2.75) is 38.5 Å². The Morgan fingerprint density at radius 2 is 1.77 bits per heavy atom. The minimum atomic E-state index is -0.440. The molecule has 4 nitrogen and oxygen atoms in total. The van der Waals surface area contributed by atoms with E-state index in [-0.39, 0.29) is 11.3 Å². The van der Waals surface area contributed by atoms with Gasteiger partial charge in [-0.3, -0.25) is 9.78 Å². The zero-order valence-electron chi connectivity index (χ0n) is 14.5. The lowest BCUT2D eigenvalue weighted by atomic mass is 10.0. The lowest BCUT2D eigenvalue weighted by Crippen LogP contribution is -2.01. The van der Waals surface area contributed by atoms with E-state index in [1.807, 2.05) is 18.2 Å². The van der Waals surface area contributed by atoms with Gasteiger partial charge in [0, 0.05) is 19.0 Å². The number of Topliss-reactive ketones (excluding diaryl/α,β-unsaturated/α-hetero) is 1. The Balaban J connectivity index is 1.36. The summed E-state index contributed by atoms with van der Waals surface area (Å²) in [6.07, 6.45) is 8.16. The number of aryl methyl sites for hydroxylation is 1. The number of pyridine rings is 1. The van der Waals surface area contributed by atoms with Crippen LogP contribution in [0.5, 0.6) is 0 Å². The number of oxazole rings is 1. The fourth-order valence-electron chi connectivity index (χ4n) is 2.79. The number of carbonyl (C=O) groups excluding carboxylic acids is 1. The van der Waals surface area contributed by atoms with Crippen LogP contribution in [-0.2, 0) is 6.42 Å². The first-order valence-corrected chi connectivity index (χ1v) is 8.88. The Morgan fingerprint density at radius 3 is 2.58 bits per heavy atom. The summed E-state index contributed by atoms with van der Waals surface area (Å²) in [5.41, 5.74) is 0.965. The van der Waals surface area contributed by atoms with Gasteiger partial charge in [-0.1, -0.05) is 31.0 Å². The van der Waals surface area contributed by atoms with Crippen LogP contribution in [0.2, 0.25) is 0 Å². The van der Waals surface area contributed by atoms with Gasteiger partial charge in [-0.05, 0) is 37.1 Å². The molecule has 26 heavy (non-hydrogen) atoms. The predicted molar refractivity (Wildman–Crippen MR) is 97.3 cm³/mol. The molecule has 0 spiro atoms. The van der Waals surface area contributed by atoms with Crippen molar-refractivity contribution < 1.29 is 13.6 Å². The van der Waals surface area contributed by atoms with E-state index < -0.39 is 5.82 Å². The smallest absolute Gasteiger partial charge is 0.194 e. The Kier molecular flexibility index (Phi) is 6.25. The topological polar surface area (TPSA) is 56.0 Å². The standard InChI is InChI=1S/C21H21FN2O2/c22-17-10-6-5-9-16(17)19(25)12-3-1-2-4-13-21-24-15-20(26-21)18-11-7-8-14-23-18/h5-11,14-15H,1-4,12-13H2. The van der Waals surface area contributed by atoms with Gasteiger partial charge in [-0.2, -0.15) is 0 Å². The van der Waals surface area contributed by atoms with Gasteiger partial charge >= 0.3 is 0 Å². The van der Waals surface area contributed by atoms with Crippen molar-refractivity contribution >= 4 is 5.78 Å². The van der Waals surface area contributed by atoms with Gasteiger partial charge in [0.15, 0.2) is 17.4 Å². The molecule has 0 saturated heterocycles. The van der Waals surface area contributed by atoms with Crippen molar-refractivity contribution in [3.63, 3.8) is 0 Å². The second kappa shape index (κ2) is 9.04. The van der Waals surface area contributed by atoms with Crippen LogP contribution in [0, 0.1) is 5.82 Å². The normalized spacial score (nSPS) is 10.8. The minimum Gasteiger partial charge on any atom is -0.439 e. The number of unbranched alkanes of at least 4 members (excludes halogenated alkanes) is 3. The van der Waals surface area contributed by atoms with Crippen LogP contribution in [0.1, 0.15) is 48.4 Å². The maximum Gasteiger partial charge on any atom is 0.194 e. The molecule has 2 heterocycles. The highest BCUT2D eigenvalue weighted by molar-refractivity contribution is 5.96. The number of benzene rings is 1. The van der Waals surface area contributed by atoms with Crippen LogP contribution >= 0.6 is 0 Å². The van der Waals surface area contributed by atoms with Gasteiger partial charge in [-0.15, -0.1) is 0 Å². The molecule has 0 amide bonds. The van der Waals surface area contributed by atoms with Crippen molar-refractivity contribution in [3.05, 3.63) is 72.1 Å². The Hall–Kier alpha value is -2.82.